The molecule has 0 aliphatic heterocycles. The lowest BCUT2D eigenvalue weighted by atomic mass is 10.1. The summed E-state index contributed by atoms with van der Waals surface area (Å²) in [6, 6.07) is 10.5. The van der Waals surface area contributed by atoms with Gasteiger partial charge in [-0.05, 0) is 26.1 Å². The second-order valence-corrected chi connectivity index (χ2v) is 5.82. The SMILES string of the molecule is CN(C)C(CN=C(N)NCCc1ccccc1)c1cnn(C)c1.I. The van der Waals surface area contributed by atoms with E-state index in [4.69, 9.17) is 5.73 Å². The van der Waals surface area contributed by atoms with E-state index in [1.165, 1.54) is 5.56 Å². The molecule has 7 heteroatoms. The Kier molecular flexibility index (Phi) is 8.77. The van der Waals surface area contributed by atoms with E-state index in [1.54, 1.807) is 4.68 Å². The lowest BCUT2D eigenvalue weighted by Gasteiger charge is -2.21. The number of likely N-dealkylation sites (N-methyl/N-ethyl adjacent to an activating group) is 1. The molecule has 0 radical (unpaired) electrons. The van der Waals surface area contributed by atoms with Crippen LogP contribution in [0.15, 0.2) is 47.7 Å². The molecule has 0 saturated carbocycles. The van der Waals surface area contributed by atoms with Gasteiger partial charge < -0.3 is 16.0 Å². The van der Waals surface area contributed by atoms with Gasteiger partial charge in [0.25, 0.3) is 0 Å². The first-order valence-corrected chi connectivity index (χ1v) is 7.79. The molecule has 1 atom stereocenters. The molecule has 132 valence electrons. The van der Waals surface area contributed by atoms with Gasteiger partial charge in [-0.3, -0.25) is 9.67 Å². The molecule has 2 aromatic rings. The van der Waals surface area contributed by atoms with Crippen LogP contribution in [0.4, 0.5) is 0 Å². The Balaban J connectivity index is 0.00000288. The van der Waals surface area contributed by atoms with Crippen molar-refractivity contribution in [3.63, 3.8) is 0 Å². The number of nitrogens with zero attached hydrogens (tertiary/aromatic N) is 4. The fourth-order valence-electron chi connectivity index (χ4n) is 2.40. The predicted molar refractivity (Wildman–Crippen MR) is 110 cm³/mol. The van der Waals surface area contributed by atoms with Crippen LogP contribution in [0.1, 0.15) is 17.2 Å². The van der Waals surface area contributed by atoms with E-state index in [2.05, 4.69) is 32.4 Å². The van der Waals surface area contributed by atoms with Crippen molar-refractivity contribution in [2.45, 2.75) is 12.5 Å². The Morgan fingerprint density at radius 2 is 2.04 bits per heavy atom. The van der Waals surface area contributed by atoms with Crippen molar-refractivity contribution in [3.8, 4) is 0 Å². The van der Waals surface area contributed by atoms with Crippen LogP contribution in [-0.2, 0) is 13.5 Å². The maximum atomic E-state index is 5.97. The van der Waals surface area contributed by atoms with E-state index in [0.29, 0.717) is 12.5 Å². The van der Waals surface area contributed by atoms with E-state index in [0.717, 1.165) is 18.5 Å². The average molecular weight is 442 g/mol. The normalized spacial score (nSPS) is 12.8. The van der Waals surface area contributed by atoms with Crippen LogP contribution in [0.25, 0.3) is 0 Å². The third-order valence-corrected chi connectivity index (χ3v) is 3.73. The van der Waals surface area contributed by atoms with Crippen molar-refractivity contribution in [3.05, 3.63) is 53.9 Å². The molecular weight excluding hydrogens is 415 g/mol. The van der Waals surface area contributed by atoms with Crippen molar-refractivity contribution < 1.29 is 0 Å². The van der Waals surface area contributed by atoms with Gasteiger partial charge in [0.1, 0.15) is 0 Å². The number of rotatable bonds is 7. The number of aryl methyl sites for hydroxylation is 1. The summed E-state index contributed by atoms with van der Waals surface area (Å²) in [6.07, 6.45) is 4.81. The highest BCUT2D eigenvalue weighted by atomic mass is 127. The maximum absolute atomic E-state index is 5.97. The van der Waals surface area contributed by atoms with Crippen molar-refractivity contribution in [1.82, 2.24) is 20.0 Å². The second kappa shape index (κ2) is 10.3. The van der Waals surface area contributed by atoms with Gasteiger partial charge in [0.05, 0.1) is 18.8 Å². The van der Waals surface area contributed by atoms with Gasteiger partial charge >= 0.3 is 0 Å². The van der Waals surface area contributed by atoms with E-state index in [1.807, 2.05) is 51.7 Å². The zero-order valence-corrected chi connectivity index (χ0v) is 16.8. The molecule has 6 nitrogen and oxygen atoms in total. The molecule has 24 heavy (non-hydrogen) atoms. The molecule has 0 saturated heterocycles. The fraction of sp³-hybridized carbons (Fsp3) is 0.412. The van der Waals surface area contributed by atoms with Gasteiger partial charge in [-0.25, -0.2) is 0 Å². The lowest BCUT2D eigenvalue weighted by Crippen LogP contribution is -2.34. The smallest absolute Gasteiger partial charge is 0.188 e. The number of halogens is 1. The number of aliphatic imine (C=N–C) groups is 1. The number of nitrogens with two attached hydrogens (primary N) is 1. The molecular formula is C17H27IN6. The van der Waals surface area contributed by atoms with Gasteiger partial charge in [-0.2, -0.15) is 5.10 Å². The van der Waals surface area contributed by atoms with Crippen molar-refractivity contribution in [2.24, 2.45) is 17.8 Å². The highest BCUT2D eigenvalue weighted by Gasteiger charge is 2.15. The van der Waals surface area contributed by atoms with Crippen LogP contribution >= 0.6 is 24.0 Å². The van der Waals surface area contributed by atoms with Crippen LogP contribution in [0.3, 0.4) is 0 Å². The van der Waals surface area contributed by atoms with Crippen LogP contribution in [0.2, 0.25) is 0 Å². The molecule has 1 aromatic heterocycles. The van der Waals surface area contributed by atoms with Gasteiger partial charge in [0.15, 0.2) is 5.96 Å². The summed E-state index contributed by atoms with van der Waals surface area (Å²) in [5.74, 6) is 0.483. The summed E-state index contributed by atoms with van der Waals surface area (Å²) in [6.45, 7) is 1.38. The van der Waals surface area contributed by atoms with Gasteiger partial charge in [-0.1, -0.05) is 30.3 Å². The number of benzene rings is 1. The molecule has 0 aliphatic rings. The molecule has 0 bridgehead atoms. The zero-order chi connectivity index (χ0) is 16.7. The van der Waals surface area contributed by atoms with Crippen molar-refractivity contribution in [1.29, 1.82) is 0 Å². The monoisotopic (exact) mass is 442 g/mol. The van der Waals surface area contributed by atoms with E-state index in [-0.39, 0.29) is 30.0 Å². The van der Waals surface area contributed by atoms with E-state index >= 15 is 0 Å². The highest BCUT2D eigenvalue weighted by molar-refractivity contribution is 14.0. The first-order chi connectivity index (χ1) is 11.1. The molecule has 0 amide bonds. The summed E-state index contributed by atoms with van der Waals surface area (Å²) in [4.78, 5) is 6.59. The van der Waals surface area contributed by atoms with Crippen molar-refractivity contribution in [2.75, 3.05) is 27.2 Å². The minimum atomic E-state index is 0. The standard InChI is InChI=1S/C17H26N6.HI/c1-22(2)16(15-11-21-23(3)13-15)12-20-17(18)19-10-9-14-7-5-4-6-8-14;/h4-8,11,13,16H,9-10,12H2,1-3H3,(H3,18,19,20);1H. The highest BCUT2D eigenvalue weighted by Crippen LogP contribution is 2.17. The van der Waals surface area contributed by atoms with Gasteiger partial charge in [0, 0.05) is 25.4 Å². The first-order valence-electron chi connectivity index (χ1n) is 7.79. The molecule has 2 rings (SSSR count). The first kappa shape index (κ1) is 20.4. The predicted octanol–water partition coefficient (Wildman–Crippen LogP) is 1.79. The third-order valence-electron chi connectivity index (χ3n) is 3.73. The summed E-state index contributed by atoms with van der Waals surface area (Å²) < 4.78 is 1.80. The Morgan fingerprint density at radius 3 is 2.62 bits per heavy atom. The number of guanidine groups is 1. The molecule has 0 fully saturated rings. The molecule has 1 unspecified atom stereocenters. The van der Waals surface area contributed by atoms with Crippen LogP contribution < -0.4 is 11.1 Å². The maximum Gasteiger partial charge on any atom is 0.188 e. The molecule has 0 spiro atoms. The largest absolute Gasteiger partial charge is 0.370 e. The third kappa shape index (κ3) is 6.48. The molecule has 1 aromatic carbocycles. The topological polar surface area (TPSA) is 71.5 Å². The van der Waals surface area contributed by atoms with Gasteiger partial charge in [-0.15, -0.1) is 24.0 Å². The van der Waals surface area contributed by atoms with E-state index in [9.17, 15) is 0 Å². The van der Waals surface area contributed by atoms with E-state index < -0.39 is 0 Å². The number of aromatic nitrogens is 2. The van der Waals surface area contributed by atoms with Crippen LogP contribution in [0, 0.1) is 0 Å². The number of hydrogen-bond acceptors (Lipinski definition) is 3. The summed E-state index contributed by atoms with van der Waals surface area (Å²) in [5, 5.41) is 7.40. The van der Waals surface area contributed by atoms with Crippen molar-refractivity contribution >= 4 is 29.9 Å². The lowest BCUT2D eigenvalue weighted by molar-refractivity contribution is 0.306. The molecule has 1 heterocycles. The summed E-state index contributed by atoms with van der Waals surface area (Å²) in [5.41, 5.74) is 8.39. The number of nitrogens with one attached hydrogen (secondary N) is 1. The summed E-state index contributed by atoms with van der Waals surface area (Å²) in [7, 11) is 5.98. The minimum Gasteiger partial charge on any atom is -0.370 e. The Hall–Kier alpha value is -1.61. The minimum absolute atomic E-state index is 0. The fourth-order valence-corrected chi connectivity index (χ4v) is 2.40. The number of hydrogen-bond donors (Lipinski definition) is 2. The second-order valence-electron chi connectivity index (χ2n) is 5.82. The average Bonchev–Trinajstić information content (AvgIpc) is 2.94. The molecule has 0 aliphatic carbocycles. The van der Waals surface area contributed by atoms with Crippen LogP contribution in [-0.4, -0.2) is 47.8 Å². The zero-order valence-electron chi connectivity index (χ0n) is 14.5. The van der Waals surface area contributed by atoms with Gasteiger partial charge in [0.2, 0.25) is 0 Å². The summed E-state index contributed by atoms with van der Waals surface area (Å²) >= 11 is 0. The quantitative estimate of drug-likeness (QED) is 0.390. The Bertz CT molecular complexity index is 623. The Labute approximate surface area is 161 Å². The van der Waals surface area contributed by atoms with Crippen LogP contribution in [0.5, 0.6) is 0 Å². The molecule has 3 N–H and O–H groups in total. The Morgan fingerprint density at radius 1 is 1.33 bits per heavy atom.